The lowest BCUT2D eigenvalue weighted by atomic mass is 10.1. The maximum atomic E-state index is 13.1. The fourth-order valence-corrected chi connectivity index (χ4v) is 2.55. The minimum Gasteiger partial charge on any atom is -0.361 e. The Morgan fingerprint density at radius 3 is 2.95 bits per heavy atom. The van der Waals surface area contributed by atoms with E-state index in [1.165, 1.54) is 12.1 Å². The van der Waals surface area contributed by atoms with E-state index < -0.39 is 0 Å². The van der Waals surface area contributed by atoms with Crippen LogP contribution >= 0.6 is 0 Å². The van der Waals surface area contributed by atoms with Crippen LogP contribution in [0, 0.1) is 5.82 Å². The van der Waals surface area contributed by atoms with E-state index in [0.29, 0.717) is 18.6 Å². The first-order valence-corrected chi connectivity index (χ1v) is 6.82. The highest BCUT2D eigenvalue weighted by Gasteiger charge is 2.25. The van der Waals surface area contributed by atoms with Crippen LogP contribution in [0.15, 0.2) is 24.4 Å². The number of H-pyrrole nitrogens is 1. The molecule has 2 aromatic rings. The molecule has 5 nitrogen and oxygen atoms in total. The average Bonchev–Trinajstić information content (AvgIpc) is 2.84. The van der Waals surface area contributed by atoms with Crippen molar-refractivity contribution in [3.8, 4) is 0 Å². The van der Waals surface area contributed by atoms with E-state index in [9.17, 15) is 14.0 Å². The Morgan fingerprint density at radius 1 is 1.38 bits per heavy atom. The summed E-state index contributed by atoms with van der Waals surface area (Å²) in [6.45, 7) is 1.24. The standard InChI is InChI=1S/C15H16FN3O2/c1-18-4-5-19(9-15(18)21)14(20)6-10-8-17-13-7-11(16)2-3-12(10)13/h2-3,7-8,17H,4-6,9H2,1H3. The first-order valence-electron chi connectivity index (χ1n) is 6.82. The van der Waals surface area contributed by atoms with Gasteiger partial charge in [-0.25, -0.2) is 4.39 Å². The first-order chi connectivity index (χ1) is 10.0. The Kier molecular flexibility index (Phi) is 3.37. The van der Waals surface area contributed by atoms with Crippen molar-refractivity contribution in [1.29, 1.82) is 0 Å². The smallest absolute Gasteiger partial charge is 0.241 e. The number of aromatic nitrogens is 1. The summed E-state index contributed by atoms with van der Waals surface area (Å²) in [6, 6.07) is 4.45. The van der Waals surface area contributed by atoms with E-state index in [-0.39, 0.29) is 30.6 Å². The number of aromatic amines is 1. The summed E-state index contributed by atoms with van der Waals surface area (Å²) in [5.74, 6) is -0.441. The molecule has 0 bridgehead atoms. The number of amides is 2. The van der Waals surface area contributed by atoms with Crippen LogP contribution in [0.4, 0.5) is 4.39 Å². The number of carbonyl (C=O) groups is 2. The molecule has 1 fully saturated rings. The average molecular weight is 289 g/mol. The van der Waals surface area contributed by atoms with Gasteiger partial charge in [0.25, 0.3) is 0 Å². The van der Waals surface area contributed by atoms with Gasteiger partial charge in [-0.3, -0.25) is 9.59 Å². The van der Waals surface area contributed by atoms with Gasteiger partial charge in [-0.05, 0) is 23.8 Å². The Labute approximate surface area is 121 Å². The maximum absolute atomic E-state index is 13.1. The van der Waals surface area contributed by atoms with Crippen LogP contribution in [0.3, 0.4) is 0 Å². The molecule has 1 aromatic carbocycles. The number of halogens is 1. The number of benzene rings is 1. The number of hydrogen-bond donors (Lipinski definition) is 1. The minimum absolute atomic E-state index is 0.0457. The van der Waals surface area contributed by atoms with Gasteiger partial charge in [0, 0.05) is 37.2 Å². The topological polar surface area (TPSA) is 56.4 Å². The number of fused-ring (bicyclic) bond motifs is 1. The number of nitrogens with one attached hydrogen (secondary N) is 1. The predicted octanol–water partition coefficient (Wildman–Crippen LogP) is 1.15. The van der Waals surface area contributed by atoms with Crippen molar-refractivity contribution in [2.45, 2.75) is 6.42 Å². The quantitative estimate of drug-likeness (QED) is 0.901. The summed E-state index contributed by atoms with van der Waals surface area (Å²) in [5, 5.41) is 0.838. The van der Waals surface area contributed by atoms with Crippen molar-refractivity contribution in [2.75, 3.05) is 26.7 Å². The van der Waals surface area contributed by atoms with Gasteiger partial charge in [0.1, 0.15) is 5.82 Å². The summed E-state index contributed by atoms with van der Waals surface area (Å²) in [6.07, 6.45) is 1.93. The fourth-order valence-electron chi connectivity index (χ4n) is 2.55. The zero-order valence-electron chi connectivity index (χ0n) is 11.7. The number of hydrogen-bond acceptors (Lipinski definition) is 2. The highest BCUT2D eigenvalue weighted by Crippen LogP contribution is 2.20. The SMILES string of the molecule is CN1CCN(C(=O)Cc2c[nH]c3cc(F)ccc23)CC1=O. The van der Waals surface area contributed by atoms with Crippen LogP contribution in [0.5, 0.6) is 0 Å². The minimum atomic E-state index is -0.313. The molecule has 2 heterocycles. The summed E-state index contributed by atoms with van der Waals surface area (Å²) >= 11 is 0. The predicted molar refractivity (Wildman–Crippen MR) is 76.2 cm³/mol. The molecule has 0 atom stereocenters. The van der Waals surface area contributed by atoms with Crippen molar-refractivity contribution in [2.24, 2.45) is 0 Å². The molecular weight excluding hydrogens is 273 g/mol. The summed E-state index contributed by atoms with van der Waals surface area (Å²) in [5.41, 5.74) is 1.49. The zero-order chi connectivity index (χ0) is 15.0. The van der Waals surface area contributed by atoms with Gasteiger partial charge in [-0.1, -0.05) is 0 Å². The molecule has 1 aromatic heterocycles. The largest absolute Gasteiger partial charge is 0.361 e. The second-order valence-corrected chi connectivity index (χ2v) is 5.31. The van der Waals surface area contributed by atoms with E-state index in [0.717, 1.165) is 10.9 Å². The molecule has 3 rings (SSSR count). The molecule has 1 aliphatic heterocycles. The van der Waals surface area contributed by atoms with Crippen molar-refractivity contribution in [1.82, 2.24) is 14.8 Å². The molecule has 6 heteroatoms. The molecule has 2 amide bonds. The molecule has 0 radical (unpaired) electrons. The number of likely N-dealkylation sites (N-methyl/N-ethyl adjacent to an activating group) is 1. The molecule has 21 heavy (non-hydrogen) atoms. The third kappa shape index (κ3) is 2.61. The zero-order valence-corrected chi connectivity index (χ0v) is 11.7. The Bertz CT molecular complexity index is 710. The Morgan fingerprint density at radius 2 is 2.19 bits per heavy atom. The van der Waals surface area contributed by atoms with Gasteiger partial charge < -0.3 is 14.8 Å². The molecule has 1 aliphatic rings. The second-order valence-electron chi connectivity index (χ2n) is 5.31. The van der Waals surface area contributed by atoms with Gasteiger partial charge in [0.2, 0.25) is 11.8 Å². The first kappa shape index (κ1) is 13.6. The molecule has 0 unspecified atom stereocenters. The molecule has 110 valence electrons. The fraction of sp³-hybridized carbons (Fsp3) is 0.333. The molecule has 0 spiro atoms. The van der Waals surface area contributed by atoms with Crippen LogP contribution in [0.1, 0.15) is 5.56 Å². The summed E-state index contributed by atoms with van der Waals surface area (Å²) in [4.78, 5) is 30.1. The highest BCUT2D eigenvalue weighted by atomic mass is 19.1. The van der Waals surface area contributed by atoms with Crippen LogP contribution in [0.25, 0.3) is 10.9 Å². The molecular formula is C15H16FN3O2. The van der Waals surface area contributed by atoms with Crippen LogP contribution in [-0.4, -0.2) is 53.3 Å². The van der Waals surface area contributed by atoms with Crippen molar-refractivity contribution >= 4 is 22.7 Å². The highest BCUT2D eigenvalue weighted by molar-refractivity contribution is 5.91. The summed E-state index contributed by atoms with van der Waals surface area (Å²) < 4.78 is 13.1. The second kappa shape index (κ2) is 5.20. The van der Waals surface area contributed by atoms with E-state index in [2.05, 4.69) is 4.98 Å². The van der Waals surface area contributed by atoms with Crippen molar-refractivity contribution < 1.29 is 14.0 Å². The van der Waals surface area contributed by atoms with Crippen LogP contribution < -0.4 is 0 Å². The number of carbonyl (C=O) groups excluding carboxylic acids is 2. The van der Waals surface area contributed by atoms with E-state index >= 15 is 0 Å². The van der Waals surface area contributed by atoms with Gasteiger partial charge in [0.15, 0.2) is 0 Å². The van der Waals surface area contributed by atoms with E-state index in [4.69, 9.17) is 0 Å². The lowest BCUT2D eigenvalue weighted by Crippen LogP contribution is -2.51. The third-order valence-electron chi connectivity index (χ3n) is 3.88. The molecule has 0 aliphatic carbocycles. The Balaban J connectivity index is 1.76. The van der Waals surface area contributed by atoms with Crippen LogP contribution in [-0.2, 0) is 16.0 Å². The lowest BCUT2D eigenvalue weighted by molar-refractivity contribution is -0.143. The van der Waals surface area contributed by atoms with Gasteiger partial charge in [0.05, 0.1) is 13.0 Å². The number of piperazine rings is 1. The molecule has 1 N–H and O–H groups in total. The van der Waals surface area contributed by atoms with Gasteiger partial charge >= 0.3 is 0 Å². The summed E-state index contributed by atoms with van der Waals surface area (Å²) in [7, 11) is 1.73. The lowest BCUT2D eigenvalue weighted by Gasteiger charge is -2.32. The van der Waals surface area contributed by atoms with Crippen molar-refractivity contribution in [3.63, 3.8) is 0 Å². The normalized spacial score (nSPS) is 15.8. The van der Waals surface area contributed by atoms with Gasteiger partial charge in [-0.15, -0.1) is 0 Å². The number of nitrogens with zero attached hydrogens (tertiary/aromatic N) is 2. The number of rotatable bonds is 2. The van der Waals surface area contributed by atoms with E-state index in [1.807, 2.05) is 0 Å². The molecule has 1 saturated heterocycles. The van der Waals surface area contributed by atoms with Crippen molar-refractivity contribution in [3.05, 3.63) is 35.8 Å². The monoisotopic (exact) mass is 289 g/mol. The Hall–Kier alpha value is -2.37. The molecule has 0 saturated carbocycles. The van der Waals surface area contributed by atoms with Gasteiger partial charge in [-0.2, -0.15) is 0 Å². The van der Waals surface area contributed by atoms with E-state index in [1.54, 1.807) is 29.1 Å². The maximum Gasteiger partial charge on any atom is 0.241 e. The third-order valence-corrected chi connectivity index (χ3v) is 3.88. The van der Waals surface area contributed by atoms with Crippen LogP contribution in [0.2, 0.25) is 0 Å².